The Balaban J connectivity index is 2.77. The van der Waals surface area contributed by atoms with Gasteiger partial charge in [0.15, 0.2) is 11.5 Å². The van der Waals surface area contributed by atoms with Gasteiger partial charge < -0.3 is 14.8 Å². The van der Waals surface area contributed by atoms with E-state index in [4.69, 9.17) is 9.47 Å². The molecule has 1 unspecified atom stereocenters. The molecule has 1 N–H and O–H groups in total. The molecule has 0 bridgehead atoms. The topological polar surface area (TPSA) is 30.5 Å². The maximum atomic E-state index is 5.80. The van der Waals surface area contributed by atoms with Crippen LogP contribution >= 0.6 is 0 Å². The van der Waals surface area contributed by atoms with E-state index in [1.807, 2.05) is 12.1 Å². The number of benzene rings is 1. The quantitative estimate of drug-likeness (QED) is 0.791. The Hall–Kier alpha value is -1.22. The highest BCUT2D eigenvalue weighted by Crippen LogP contribution is 2.29. The van der Waals surface area contributed by atoms with Gasteiger partial charge in [-0.3, -0.25) is 0 Å². The molecule has 0 heterocycles. The van der Waals surface area contributed by atoms with E-state index in [-0.39, 0.29) is 6.10 Å². The van der Waals surface area contributed by atoms with E-state index in [0.29, 0.717) is 0 Å². The van der Waals surface area contributed by atoms with E-state index >= 15 is 0 Å². The molecular formula is C14H23NO2. The Morgan fingerprint density at radius 2 is 2.00 bits per heavy atom. The fourth-order valence-electron chi connectivity index (χ4n) is 1.49. The lowest BCUT2D eigenvalue weighted by molar-refractivity contribution is 0.207. The fourth-order valence-corrected chi connectivity index (χ4v) is 1.49. The predicted octanol–water partition coefficient (Wildman–Crippen LogP) is 2.98. The van der Waals surface area contributed by atoms with Crippen molar-refractivity contribution in [2.45, 2.75) is 39.8 Å². The van der Waals surface area contributed by atoms with E-state index in [1.54, 1.807) is 7.11 Å². The first-order chi connectivity index (χ1) is 8.21. The van der Waals surface area contributed by atoms with Crippen LogP contribution < -0.4 is 14.8 Å². The number of hydrogen-bond acceptors (Lipinski definition) is 3. The third kappa shape index (κ3) is 4.27. The maximum Gasteiger partial charge on any atom is 0.161 e. The number of hydrogen-bond donors (Lipinski definition) is 1. The largest absolute Gasteiger partial charge is 0.493 e. The first-order valence-corrected chi connectivity index (χ1v) is 6.25. The Morgan fingerprint density at radius 1 is 1.24 bits per heavy atom. The van der Waals surface area contributed by atoms with Crippen LogP contribution in [-0.4, -0.2) is 19.8 Å². The average molecular weight is 237 g/mol. The lowest BCUT2D eigenvalue weighted by Gasteiger charge is -2.16. The lowest BCUT2D eigenvalue weighted by atomic mass is 10.2. The van der Waals surface area contributed by atoms with Crippen LogP contribution in [0, 0.1) is 0 Å². The summed E-state index contributed by atoms with van der Waals surface area (Å²) in [6.07, 6.45) is 1.20. The molecule has 0 aliphatic carbocycles. The summed E-state index contributed by atoms with van der Waals surface area (Å²) in [6.45, 7) is 8.09. The first-order valence-electron chi connectivity index (χ1n) is 6.25. The zero-order chi connectivity index (χ0) is 12.7. The standard InChI is InChI=1S/C14H23NO2/c1-5-11(3)17-13-8-7-12(10-15-6-2)9-14(13)16-4/h7-9,11,15H,5-6,10H2,1-4H3. The van der Waals surface area contributed by atoms with Crippen LogP contribution in [0.25, 0.3) is 0 Å². The summed E-state index contributed by atoms with van der Waals surface area (Å²) < 4.78 is 11.2. The normalized spacial score (nSPS) is 12.2. The number of ether oxygens (including phenoxy) is 2. The van der Waals surface area contributed by atoms with Crippen LogP contribution in [0.5, 0.6) is 11.5 Å². The van der Waals surface area contributed by atoms with Crippen molar-refractivity contribution in [2.75, 3.05) is 13.7 Å². The van der Waals surface area contributed by atoms with Gasteiger partial charge in [-0.15, -0.1) is 0 Å². The van der Waals surface area contributed by atoms with Gasteiger partial charge in [0.25, 0.3) is 0 Å². The van der Waals surface area contributed by atoms with E-state index in [0.717, 1.165) is 31.0 Å². The van der Waals surface area contributed by atoms with Crippen molar-refractivity contribution in [3.8, 4) is 11.5 Å². The van der Waals surface area contributed by atoms with Crippen LogP contribution in [0.2, 0.25) is 0 Å². The second-order valence-electron chi connectivity index (χ2n) is 4.10. The highest BCUT2D eigenvalue weighted by atomic mass is 16.5. The third-order valence-corrected chi connectivity index (χ3v) is 2.71. The number of methoxy groups -OCH3 is 1. The van der Waals surface area contributed by atoms with Gasteiger partial charge >= 0.3 is 0 Å². The molecule has 0 aliphatic heterocycles. The summed E-state index contributed by atoms with van der Waals surface area (Å²) in [5.41, 5.74) is 1.21. The Kier molecular flexibility index (Phi) is 5.84. The van der Waals surface area contributed by atoms with Crippen molar-refractivity contribution in [3.63, 3.8) is 0 Å². The van der Waals surface area contributed by atoms with Crippen LogP contribution in [0.1, 0.15) is 32.8 Å². The summed E-state index contributed by atoms with van der Waals surface area (Å²) in [5, 5.41) is 3.29. The smallest absolute Gasteiger partial charge is 0.161 e. The SMILES string of the molecule is CCNCc1ccc(OC(C)CC)c(OC)c1. The second kappa shape index (κ2) is 7.17. The molecule has 3 heteroatoms. The molecule has 1 aromatic carbocycles. The fraction of sp³-hybridized carbons (Fsp3) is 0.571. The molecule has 0 fully saturated rings. The second-order valence-corrected chi connectivity index (χ2v) is 4.10. The molecule has 1 atom stereocenters. The molecule has 0 amide bonds. The third-order valence-electron chi connectivity index (χ3n) is 2.71. The van der Waals surface area contributed by atoms with Crippen LogP contribution in [0.15, 0.2) is 18.2 Å². The van der Waals surface area contributed by atoms with Crippen molar-refractivity contribution in [1.29, 1.82) is 0 Å². The zero-order valence-electron chi connectivity index (χ0n) is 11.2. The molecule has 1 rings (SSSR count). The molecular weight excluding hydrogens is 214 g/mol. The number of nitrogens with one attached hydrogen (secondary N) is 1. The Bertz CT molecular complexity index is 339. The summed E-state index contributed by atoms with van der Waals surface area (Å²) in [6, 6.07) is 6.08. The lowest BCUT2D eigenvalue weighted by Crippen LogP contribution is -2.13. The highest BCUT2D eigenvalue weighted by Gasteiger charge is 2.08. The van der Waals surface area contributed by atoms with Crippen LogP contribution in [0.4, 0.5) is 0 Å². The van der Waals surface area contributed by atoms with Gasteiger partial charge in [0, 0.05) is 6.54 Å². The molecule has 0 aliphatic rings. The van der Waals surface area contributed by atoms with Crippen molar-refractivity contribution >= 4 is 0 Å². The summed E-state index contributed by atoms with van der Waals surface area (Å²) in [5.74, 6) is 1.63. The molecule has 17 heavy (non-hydrogen) atoms. The average Bonchev–Trinajstić information content (AvgIpc) is 2.37. The van der Waals surface area contributed by atoms with Gasteiger partial charge in [0.05, 0.1) is 13.2 Å². The monoisotopic (exact) mass is 237 g/mol. The molecule has 3 nitrogen and oxygen atoms in total. The van der Waals surface area contributed by atoms with Gasteiger partial charge in [-0.25, -0.2) is 0 Å². The first kappa shape index (κ1) is 13.8. The minimum absolute atomic E-state index is 0.212. The molecule has 0 saturated carbocycles. The molecule has 1 aromatic rings. The Labute approximate surface area is 104 Å². The van der Waals surface area contributed by atoms with Crippen molar-refractivity contribution in [3.05, 3.63) is 23.8 Å². The van der Waals surface area contributed by atoms with Gasteiger partial charge in [-0.05, 0) is 37.6 Å². The highest BCUT2D eigenvalue weighted by molar-refractivity contribution is 5.43. The van der Waals surface area contributed by atoms with Gasteiger partial charge in [0.2, 0.25) is 0 Å². The molecule has 0 radical (unpaired) electrons. The van der Waals surface area contributed by atoms with Crippen LogP contribution in [0.3, 0.4) is 0 Å². The molecule has 0 spiro atoms. The minimum Gasteiger partial charge on any atom is -0.493 e. The van der Waals surface area contributed by atoms with E-state index in [1.165, 1.54) is 5.56 Å². The molecule has 0 saturated heterocycles. The summed E-state index contributed by atoms with van der Waals surface area (Å²) in [7, 11) is 1.68. The van der Waals surface area contributed by atoms with Gasteiger partial charge in [-0.2, -0.15) is 0 Å². The zero-order valence-corrected chi connectivity index (χ0v) is 11.2. The summed E-state index contributed by atoms with van der Waals surface area (Å²) >= 11 is 0. The molecule has 0 aromatic heterocycles. The van der Waals surface area contributed by atoms with E-state index in [9.17, 15) is 0 Å². The van der Waals surface area contributed by atoms with Gasteiger partial charge in [-0.1, -0.05) is 19.9 Å². The molecule has 96 valence electrons. The van der Waals surface area contributed by atoms with Crippen molar-refractivity contribution in [1.82, 2.24) is 5.32 Å². The van der Waals surface area contributed by atoms with Crippen molar-refractivity contribution in [2.24, 2.45) is 0 Å². The summed E-state index contributed by atoms with van der Waals surface area (Å²) in [4.78, 5) is 0. The predicted molar refractivity (Wildman–Crippen MR) is 70.8 cm³/mol. The van der Waals surface area contributed by atoms with E-state index < -0.39 is 0 Å². The number of rotatable bonds is 7. The van der Waals surface area contributed by atoms with Gasteiger partial charge in [0.1, 0.15) is 0 Å². The maximum absolute atomic E-state index is 5.80. The minimum atomic E-state index is 0.212. The van der Waals surface area contributed by atoms with Crippen LogP contribution in [-0.2, 0) is 6.54 Å². The van der Waals surface area contributed by atoms with Crippen molar-refractivity contribution < 1.29 is 9.47 Å². The Morgan fingerprint density at radius 3 is 2.59 bits per heavy atom. The van der Waals surface area contributed by atoms with E-state index in [2.05, 4.69) is 32.2 Å².